The van der Waals surface area contributed by atoms with Gasteiger partial charge in [0.05, 0.1) is 32.6 Å². The second-order valence-electron chi connectivity index (χ2n) is 6.63. The van der Waals surface area contributed by atoms with E-state index in [4.69, 9.17) is 9.47 Å². The van der Waals surface area contributed by atoms with Crippen molar-refractivity contribution in [3.8, 4) is 11.5 Å². The first kappa shape index (κ1) is 20.2. The number of nitrogens with one attached hydrogen (secondary N) is 2. The topological polar surface area (TPSA) is 103 Å². The van der Waals surface area contributed by atoms with Crippen molar-refractivity contribution in [2.45, 2.75) is 12.8 Å². The maximum atomic E-state index is 12.9. The van der Waals surface area contributed by atoms with E-state index in [0.717, 1.165) is 0 Å². The molecule has 0 aromatic heterocycles. The van der Waals surface area contributed by atoms with Crippen molar-refractivity contribution in [3.63, 3.8) is 0 Å². The highest BCUT2D eigenvalue weighted by molar-refractivity contribution is 6.17. The van der Waals surface area contributed by atoms with Crippen molar-refractivity contribution in [1.82, 2.24) is 0 Å². The molecule has 0 saturated heterocycles. The summed E-state index contributed by atoms with van der Waals surface area (Å²) in [5.74, 6) is -0.356. The lowest BCUT2D eigenvalue weighted by Gasteiger charge is -2.17. The third-order valence-corrected chi connectivity index (χ3v) is 4.82. The average molecular weight is 398 g/mol. The van der Waals surface area contributed by atoms with Crippen LogP contribution in [0.5, 0.6) is 11.5 Å². The number of esters is 1. The Balaban J connectivity index is 1.75. The molecule has 0 aliphatic heterocycles. The van der Waals surface area contributed by atoms with Gasteiger partial charge in [-0.05, 0) is 43.2 Å². The van der Waals surface area contributed by atoms with Crippen LogP contribution in [0.4, 0.5) is 11.4 Å². The minimum absolute atomic E-state index is 0.306. The van der Waals surface area contributed by atoms with Crippen molar-refractivity contribution >= 4 is 29.2 Å². The normalized spacial score (nSPS) is 13.8. The third-order valence-electron chi connectivity index (χ3n) is 4.82. The lowest BCUT2D eigenvalue weighted by molar-refractivity contribution is -0.131. The van der Waals surface area contributed by atoms with Gasteiger partial charge in [0.1, 0.15) is 16.9 Å². The lowest BCUT2D eigenvalue weighted by Crippen LogP contribution is -2.35. The SMILES string of the molecule is COC(=O)c1cccc(NC(=O)C2(C(=O)Nc3cc(OC)ccc3OC)CC2)c1. The molecule has 8 nitrogen and oxygen atoms in total. The maximum absolute atomic E-state index is 12.9. The minimum atomic E-state index is -1.17. The maximum Gasteiger partial charge on any atom is 0.337 e. The first-order valence-corrected chi connectivity index (χ1v) is 8.97. The van der Waals surface area contributed by atoms with Gasteiger partial charge in [0.25, 0.3) is 0 Å². The molecule has 0 heterocycles. The Hall–Kier alpha value is -3.55. The highest BCUT2D eigenvalue weighted by Crippen LogP contribution is 2.48. The number of rotatable bonds is 7. The van der Waals surface area contributed by atoms with Gasteiger partial charge in [-0.1, -0.05) is 6.07 Å². The Morgan fingerprint density at radius 3 is 2.24 bits per heavy atom. The fourth-order valence-electron chi connectivity index (χ4n) is 2.93. The highest BCUT2D eigenvalue weighted by Gasteiger charge is 2.56. The predicted octanol–water partition coefficient (Wildman–Crippen LogP) is 2.85. The van der Waals surface area contributed by atoms with Crippen molar-refractivity contribution in [2.75, 3.05) is 32.0 Å². The van der Waals surface area contributed by atoms with E-state index in [0.29, 0.717) is 41.3 Å². The molecule has 2 aromatic rings. The van der Waals surface area contributed by atoms with E-state index in [2.05, 4.69) is 15.4 Å². The van der Waals surface area contributed by atoms with E-state index < -0.39 is 23.2 Å². The molecule has 0 radical (unpaired) electrons. The fourth-order valence-corrected chi connectivity index (χ4v) is 2.93. The van der Waals surface area contributed by atoms with Gasteiger partial charge in [0.15, 0.2) is 0 Å². The molecule has 1 saturated carbocycles. The molecule has 1 fully saturated rings. The van der Waals surface area contributed by atoms with Crippen LogP contribution in [0.2, 0.25) is 0 Å². The van der Waals surface area contributed by atoms with Gasteiger partial charge in [-0.25, -0.2) is 4.79 Å². The summed E-state index contributed by atoms with van der Waals surface area (Å²) in [6, 6.07) is 11.4. The number of anilines is 2. The first-order chi connectivity index (χ1) is 13.9. The molecule has 0 unspecified atom stereocenters. The van der Waals surface area contributed by atoms with Crippen LogP contribution in [0.25, 0.3) is 0 Å². The number of ether oxygens (including phenoxy) is 3. The average Bonchev–Trinajstić information content (AvgIpc) is 3.55. The highest BCUT2D eigenvalue weighted by atomic mass is 16.5. The van der Waals surface area contributed by atoms with Crippen molar-refractivity contribution in [3.05, 3.63) is 48.0 Å². The number of hydrogen-bond acceptors (Lipinski definition) is 6. The summed E-state index contributed by atoms with van der Waals surface area (Å²) in [6.45, 7) is 0. The summed E-state index contributed by atoms with van der Waals surface area (Å²) < 4.78 is 15.1. The third kappa shape index (κ3) is 4.16. The zero-order valence-corrected chi connectivity index (χ0v) is 16.4. The van der Waals surface area contributed by atoms with Crippen LogP contribution in [-0.2, 0) is 14.3 Å². The number of amides is 2. The quantitative estimate of drug-likeness (QED) is 0.549. The van der Waals surface area contributed by atoms with Gasteiger partial charge >= 0.3 is 5.97 Å². The molecule has 2 amide bonds. The Bertz CT molecular complexity index is 952. The van der Waals surface area contributed by atoms with Crippen LogP contribution in [-0.4, -0.2) is 39.1 Å². The smallest absolute Gasteiger partial charge is 0.337 e. The van der Waals surface area contributed by atoms with Crippen LogP contribution in [0.15, 0.2) is 42.5 Å². The van der Waals surface area contributed by atoms with E-state index in [-0.39, 0.29) is 0 Å². The molecule has 2 N–H and O–H groups in total. The van der Waals surface area contributed by atoms with E-state index in [1.54, 1.807) is 36.4 Å². The first-order valence-electron chi connectivity index (χ1n) is 8.97. The molecule has 0 bridgehead atoms. The van der Waals surface area contributed by atoms with E-state index in [1.807, 2.05) is 0 Å². The summed E-state index contributed by atoms with van der Waals surface area (Å²) in [5.41, 5.74) is -0.0321. The molecule has 29 heavy (non-hydrogen) atoms. The second-order valence-corrected chi connectivity index (χ2v) is 6.63. The molecule has 1 aliphatic rings. The Morgan fingerprint density at radius 2 is 1.62 bits per heavy atom. The summed E-state index contributed by atoms with van der Waals surface area (Å²) >= 11 is 0. The Morgan fingerprint density at radius 1 is 0.897 bits per heavy atom. The Kier molecular flexibility index (Phi) is 5.72. The molecule has 0 atom stereocenters. The Labute approximate surface area is 168 Å². The van der Waals surface area contributed by atoms with Crippen molar-refractivity contribution < 1.29 is 28.6 Å². The zero-order chi connectivity index (χ0) is 21.0. The van der Waals surface area contributed by atoms with Crippen LogP contribution in [0.3, 0.4) is 0 Å². The predicted molar refractivity (Wildman–Crippen MR) is 106 cm³/mol. The minimum Gasteiger partial charge on any atom is -0.497 e. The summed E-state index contributed by atoms with van der Waals surface area (Å²) in [7, 11) is 4.29. The molecule has 2 aromatic carbocycles. The van der Waals surface area contributed by atoms with Crippen LogP contribution < -0.4 is 20.1 Å². The molecule has 152 valence electrons. The van der Waals surface area contributed by atoms with Gasteiger partial charge in [-0.2, -0.15) is 0 Å². The number of hydrogen-bond donors (Lipinski definition) is 2. The number of carbonyl (C=O) groups excluding carboxylic acids is 3. The zero-order valence-electron chi connectivity index (χ0n) is 16.4. The van der Waals surface area contributed by atoms with Gasteiger partial charge in [-0.3, -0.25) is 9.59 Å². The molecular formula is C21H22N2O6. The van der Waals surface area contributed by atoms with Gasteiger partial charge in [0, 0.05) is 11.8 Å². The van der Waals surface area contributed by atoms with Crippen molar-refractivity contribution in [1.29, 1.82) is 0 Å². The molecular weight excluding hydrogens is 376 g/mol. The number of methoxy groups -OCH3 is 3. The molecule has 3 rings (SSSR count). The molecule has 8 heteroatoms. The summed E-state index contributed by atoms with van der Waals surface area (Å²) in [5, 5.41) is 5.48. The van der Waals surface area contributed by atoms with E-state index in [9.17, 15) is 14.4 Å². The summed E-state index contributed by atoms with van der Waals surface area (Å²) in [6.07, 6.45) is 0.848. The summed E-state index contributed by atoms with van der Waals surface area (Å²) in [4.78, 5) is 37.4. The monoisotopic (exact) mass is 398 g/mol. The van der Waals surface area contributed by atoms with Gasteiger partial charge in [0.2, 0.25) is 11.8 Å². The van der Waals surface area contributed by atoms with Crippen molar-refractivity contribution in [2.24, 2.45) is 5.41 Å². The lowest BCUT2D eigenvalue weighted by atomic mass is 10.0. The number of carbonyl (C=O) groups is 3. The molecule has 1 aliphatic carbocycles. The van der Waals surface area contributed by atoms with Crippen LogP contribution >= 0.6 is 0 Å². The van der Waals surface area contributed by atoms with Crippen LogP contribution in [0.1, 0.15) is 23.2 Å². The van der Waals surface area contributed by atoms with E-state index >= 15 is 0 Å². The number of benzene rings is 2. The van der Waals surface area contributed by atoms with Gasteiger partial charge in [-0.15, -0.1) is 0 Å². The second kappa shape index (κ2) is 8.22. The fraction of sp³-hybridized carbons (Fsp3) is 0.286. The molecule has 0 spiro atoms. The standard InChI is InChI=1S/C21H22N2O6/c1-27-15-7-8-17(28-2)16(12-15)23-20(26)21(9-10-21)19(25)22-14-6-4-5-13(11-14)18(24)29-3/h4-8,11-12H,9-10H2,1-3H3,(H,22,25)(H,23,26). The van der Waals surface area contributed by atoms with Gasteiger partial charge < -0.3 is 24.8 Å². The van der Waals surface area contributed by atoms with Crippen LogP contribution in [0, 0.1) is 5.41 Å². The van der Waals surface area contributed by atoms with E-state index in [1.165, 1.54) is 27.4 Å². The largest absolute Gasteiger partial charge is 0.497 e.